The molecule has 0 rings (SSSR count). The topological polar surface area (TPSA) is 37.3 Å². The molecule has 0 atom stereocenters. The Morgan fingerprint density at radius 1 is 1.17 bits per heavy atom. The third-order valence-corrected chi connectivity index (χ3v) is 1.39. The smallest absolute Gasteiger partial charge is 0.129 e. The second-order valence-electron chi connectivity index (χ2n) is 2.88. The van der Waals surface area contributed by atoms with Crippen molar-refractivity contribution in [2.24, 2.45) is 0 Å². The van der Waals surface area contributed by atoms with Crippen LogP contribution >= 0.6 is 0 Å². The highest BCUT2D eigenvalue weighted by atomic mass is 16.2. The van der Waals surface area contributed by atoms with Gasteiger partial charge in [-0.25, -0.2) is 0 Å². The SMILES string of the molecule is CCCCC(C)=O.CCCCO. The van der Waals surface area contributed by atoms with E-state index in [1.807, 2.05) is 0 Å². The molecule has 0 aliphatic rings. The predicted molar refractivity (Wildman–Crippen MR) is 52.2 cm³/mol. The van der Waals surface area contributed by atoms with Gasteiger partial charge >= 0.3 is 0 Å². The first-order chi connectivity index (χ1) is 5.68. The number of carbonyl (C=O) groups excluding carboxylic acids is 1. The highest BCUT2D eigenvalue weighted by Crippen LogP contribution is 1.92. The van der Waals surface area contributed by atoms with Crippen molar-refractivity contribution in [3.05, 3.63) is 0 Å². The Hall–Kier alpha value is -0.370. The molecule has 0 heterocycles. The summed E-state index contributed by atoms with van der Waals surface area (Å²) in [6, 6.07) is 0. The van der Waals surface area contributed by atoms with Gasteiger partial charge in [-0.1, -0.05) is 26.7 Å². The lowest BCUT2D eigenvalue weighted by Crippen LogP contribution is -1.86. The molecule has 0 bridgehead atoms. The summed E-state index contributed by atoms with van der Waals surface area (Å²) in [5.74, 6) is 0.307. The van der Waals surface area contributed by atoms with Gasteiger partial charge in [0.1, 0.15) is 5.78 Å². The van der Waals surface area contributed by atoms with E-state index in [1.165, 1.54) is 0 Å². The van der Waals surface area contributed by atoms with Crippen LogP contribution in [-0.2, 0) is 4.79 Å². The van der Waals surface area contributed by atoms with E-state index in [-0.39, 0.29) is 0 Å². The van der Waals surface area contributed by atoms with Crippen molar-refractivity contribution in [3.8, 4) is 0 Å². The van der Waals surface area contributed by atoms with Gasteiger partial charge in [-0.05, 0) is 19.8 Å². The molecule has 0 saturated heterocycles. The van der Waals surface area contributed by atoms with E-state index in [0.29, 0.717) is 12.4 Å². The summed E-state index contributed by atoms with van der Waals surface area (Å²) in [4.78, 5) is 10.2. The molecule has 0 unspecified atom stereocenters. The van der Waals surface area contributed by atoms with Gasteiger partial charge in [0.15, 0.2) is 0 Å². The van der Waals surface area contributed by atoms with E-state index in [1.54, 1.807) is 6.92 Å². The van der Waals surface area contributed by atoms with Crippen molar-refractivity contribution in [1.82, 2.24) is 0 Å². The fourth-order valence-electron chi connectivity index (χ4n) is 0.584. The molecule has 0 saturated carbocycles. The van der Waals surface area contributed by atoms with Crippen molar-refractivity contribution < 1.29 is 9.90 Å². The Bertz CT molecular complexity index is 87.8. The molecule has 74 valence electrons. The zero-order chi connectivity index (χ0) is 9.82. The van der Waals surface area contributed by atoms with Gasteiger partial charge in [0.25, 0.3) is 0 Å². The van der Waals surface area contributed by atoms with Gasteiger partial charge in [0, 0.05) is 13.0 Å². The molecule has 0 aliphatic heterocycles. The maximum absolute atomic E-state index is 10.2. The van der Waals surface area contributed by atoms with Crippen LogP contribution in [0.25, 0.3) is 0 Å². The molecule has 12 heavy (non-hydrogen) atoms. The Balaban J connectivity index is 0. The van der Waals surface area contributed by atoms with Crippen LogP contribution in [0.15, 0.2) is 0 Å². The molecule has 0 aliphatic carbocycles. The first kappa shape index (κ1) is 14.2. The molecule has 0 radical (unpaired) electrons. The van der Waals surface area contributed by atoms with Gasteiger partial charge in [-0.15, -0.1) is 0 Å². The number of Topliss-reactive ketones (excluding diaryl/α,β-unsaturated/α-hetero) is 1. The fourth-order valence-corrected chi connectivity index (χ4v) is 0.584. The van der Waals surface area contributed by atoms with E-state index < -0.39 is 0 Å². The molecule has 2 nitrogen and oxygen atoms in total. The average Bonchev–Trinajstić information content (AvgIpc) is 2.03. The number of rotatable bonds is 5. The van der Waals surface area contributed by atoms with Crippen LogP contribution in [0.1, 0.15) is 52.9 Å². The van der Waals surface area contributed by atoms with Crippen LogP contribution in [-0.4, -0.2) is 17.5 Å². The van der Waals surface area contributed by atoms with E-state index in [9.17, 15) is 4.79 Å². The van der Waals surface area contributed by atoms with Crippen LogP contribution < -0.4 is 0 Å². The number of hydrogen-bond donors (Lipinski definition) is 1. The largest absolute Gasteiger partial charge is 0.396 e. The van der Waals surface area contributed by atoms with E-state index in [4.69, 9.17) is 5.11 Å². The first-order valence-corrected chi connectivity index (χ1v) is 4.79. The summed E-state index contributed by atoms with van der Waals surface area (Å²) in [5, 5.41) is 8.07. The highest BCUT2D eigenvalue weighted by Gasteiger charge is 1.87. The van der Waals surface area contributed by atoms with Crippen molar-refractivity contribution in [1.29, 1.82) is 0 Å². The molecule has 0 fully saturated rings. The molecule has 0 aromatic carbocycles. The Morgan fingerprint density at radius 2 is 1.67 bits per heavy atom. The number of hydrogen-bond acceptors (Lipinski definition) is 2. The van der Waals surface area contributed by atoms with Crippen LogP contribution in [0.4, 0.5) is 0 Å². The van der Waals surface area contributed by atoms with Gasteiger partial charge in [-0.3, -0.25) is 0 Å². The Kier molecular flexibility index (Phi) is 15.6. The second kappa shape index (κ2) is 13.2. The summed E-state index contributed by atoms with van der Waals surface area (Å²) >= 11 is 0. The van der Waals surface area contributed by atoms with Crippen molar-refractivity contribution in [2.75, 3.05) is 6.61 Å². The van der Waals surface area contributed by atoms with Gasteiger partial charge in [0.05, 0.1) is 0 Å². The van der Waals surface area contributed by atoms with Gasteiger partial charge in [-0.2, -0.15) is 0 Å². The minimum absolute atomic E-state index is 0.307. The summed E-state index contributed by atoms with van der Waals surface area (Å²) in [7, 11) is 0. The molecule has 2 heteroatoms. The van der Waals surface area contributed by atoms with Crippen molar-refractivity contribution in [3.63, 3.8) is 0 Å². The number of ketones is 1. The van der Waals surface area contributed by atoms with Crippen LogP contribution in [0.2, 0.25) is 0 Å². The van der Waals surface area contributed by atoms with Gasteiger partial charge in [0.2, 0.25) is 0 Å². The number of unbranched alkanes of at least 4 members (excludes halogenated alkanes) is 2. The zero-order valence-corrected chi connectivity index (χ0v) is 8.60. The monoisotopic (exact) mass is 174 g/mol. The summed E-state index contributed by atoms with van der Waals surface area (Å²) in [5.41, 5.74) is 0. The fraction of sp³-hybridized carbons (Fsp3) is 0.900. The molecule has 0 aromatic heterocycles. The van der Waals surface area contributed by atoms with E-state index in [2.05, 4.69) is 13.8 Å². The normalized spacial score (nSPS) is 8.67. The summed E-state index contributed by atoms with van der Waals surface area (Å²) < 4.78 is 0. The maximum Gasteiger partial charge on any atom is 0.129 e. The van der Waals surface area contributed by atoms with Crippen LogP contribution in [0.5, 0.6) is 0 Å². The standard InChI is InChI=1S/C6H12O.C4H10O/c1-3-4-5-6(2)7;1-2-3-4-5/h3-5H2,1-2H3;5H,2-4H2,1H3. The van der Waals surface area contributed by atoms with Gasteiger partial charge < -0.3 is 9.90 Å². The Morgan fingerprint density at radius 3 is 1.75 bits per heavy atom. The van der Waals surface area contributed by atoms with Crippen LogP contribution in [0, 0.1) is 0 Å². The lowest BCUT2D eigenvalue weighted by molar-refractivity contribution is -0.117. The molecule has 0 aromatic rings. The van der Waals surface area contributed by atoms with E-state index in [0.717, 1.165) is 32.1 Å². The van der Waals surface area contributed by atoms with Crippen molar-refractivity contribution in [2.45, 2.75) is 52.9 Å². The van der Waals surface area contributed by atoms with E-state index >= 15 is 0 Å². The predicted octanol–water partition coefficient (Wildman–Crippen LogP) is 2.54. The third kappa shape index (κ3) is 22.6. The summed E-state index contributed by atoms with van der Waals surface area (Å²) in [6.45, 7) is 6.12. The second-order valence-corrected chi connectivity index (χ2v) is 2.88. The molecular weight excluding hydrogens is 152 g/mol. The number of aliphatic hydroxyl groups excluding tert-OH is 1. The minimum atomic E-state index is 0.307. The molecule has 0 amide bonds. The highest BCUT2D eigenvalue weighted by molar-refractivity contribution is 5.75. The lowest BCUT2D eigenvalue weighted by atomic mass is 10.2. The number of aliphatic hydroxyl groups is 1. The quantitative estimate of drug-likeness (QED) is 0.695. The maximum atomic E-state index is 10.2. The van der Waals surface area contributed by atoms with Crippen LogP contribution in [0.3, 0.4) is 0 Å². The third-order valence-electron chi connectivity index (χ3n) is 1.39. The van der Waals surface area contributed by atoms with Crippen molar-refractivity contribution >= 4 is 5.78 Å². The molecule has 1 N–H and O–H groups in total. The zero-order valence-electron chi connectivity index (χ0n) is 8.60. The average molecular weight is 174 g/mol. The molecule has 0 spiro atoms. The lowest BCUT2D eigenvalue weighted by Gasteiger charge is -1.86. The number of carbonyl (C=O) groups is 1. The first-order valence-electron chi connectivity index (χ1n) is 4.79. The Labute approximate surface area is 76.0 Å². The summed E-state index contributed by atoms with van der Waals surface area (Å²) in [6.07, 6.45) is 4.97. The molecular formula is C10H22O2. The minimum Gasteiger partial charge on any atom is -0.396 e.